The zero-order valence-electron chi connectivity index (χ0n) is 51.9. The third-order valence-corrected chi connectivity index (χ3v) is 16.0. The van der Waals surface area contributed by atoms with E-state index in [0.717, 1.165) is 54.9 Å². The van der Waals surface area contributed by atoms with Gasteiger partial charge in [0.05, 0.1) is 13.1 Å². The third kappa shape index (κ3) is 14.6. The maximum atomic E-state index is 13.8. The molecule has 2 N–H and O–H groups in total. The minimum atomic E-state index is -4.87. The van der Waals surface area contributed by atoms with Crippen molar-refractivity contribution in [2.24, 2.45) is 9.98 Å². The fourth-order valence-electron chi connectivity index (χ4n) is 10.3. The van der Waals surface area contributed by atoms with E-state index in [-0.39, 0.29) is 44.0 Å². The Bertz CT molecular complexity index is 3540. The molecule has 1 aliphatic rings. The van der Waals surface area contributed by atoms with Crippen molar-refractivity contribution in [3.63, 3.8) is 0 Å². The Labute approximate surface area is 502 Å². The molecular weight excluding hydrogens is 1090 g/mol. The van der Waals surface area contributed by atoms with Gasteiger partial charge in [0.25, 0.3) is 0 Å². The Morgan fingerprint density at radius 2 is 0.759 bits per heavy atom. The number of nitrogens with zero attached hydrogens (tertiary/aromatic N) is 2. The monoisotopic (exact) mass is 1170 g/mol. The second-order valence-corrected chi connectivity index (χ2v) is 29.2. The Balaban J connectivity index is 0.000000238. The molecule has 0 aromatic heterocycles. The summed E-state index contributed by atoms with van der Waals surface area (Å²) in [5.41, 5.74) is 12.1. The van der Waals surface area contributed by atoms with E-state index >= 15 is 0 Å². The number of phosphoric ester groups is 1. The second kappa shape index (κ2) is 24.1. The molecule has 8 aromatic rings. The molecule has 0 saturated carbocycles. The average molecular weight is 1180 g/mol. The molecule has 11 heteroatoms. The van der Waals surface area contributed by atoms with Gasteiger partial charge in [-0.25, -0.2) is 4.57 Å². The first-order valence-corrected chi connectivity index (χ1v) is 30.4. The summed E-state index contributed by atoms with van der Waals surface area (Å²) in [5.74, 6) is 1.14. The van der Waals surface area contributed by atoms with Crippen LogP contribution in [0.4, 0.5) is 0 Å². The van der Waals surface area contributed by atoms with Crippen LogP contribution in [0.5, 0.6) is 23.0 Å². The van der Waals surface area contributed by atoms with E-state index in [1.807, 2.05) is 84.9 Å². The summed E-state index contributed by atoms with van der Waals surface area (Å²) in [6, 6.07) is 45.0. The fourth-order valence-corrected chi connectivity index (χ4v) is 11.1. The molecule has 9 rings (SSSR count). The Kier molecular flexibility index (Phi) is 18.6. The summed E-state index contributed by atoms with van der Waals surface area (Å²) in [5, 5.41) is 25.6. The van der Waals surface area contributed by atoms with Gasteiger partial charge in [-0.15, -0.1) is 0 Å². The predicted molar refractivity (Wildman–Crippen MR) is 341 cm³/mol. The van der Waals surface area contributed by atoms with Gasteiger partial charge >= 0.3 is 27.6 Å². The van der Waals surface area contributed by atoms with Crippen LogP contribution in [0, 0.1) is 0 Å². The molecule has 437 valence electrons. The van der Waals surface area contributed by atoms with Crippen molar-refractivity contribution in [2.75, 3.05) is 13.1 Å². The number of phenols is 2. The predicted octanol–water partition coefficient (Wildman–Crippen LogP) is 18.5. The van der Waals surface area contributed by atoms with Crippen molar-refractivity contribution in [3.05, 3.63) is 178 Å². The second-order valence-electron chi connectivity index (χ2n) is 28.0. The van der Waals surface area contributed by atoms with Crippen LogP contribution in [0.25, 0.3) is 54.9 Å². The first-order valence-electron chi connectivity index (χ1n) is 28.5. The number of phosphoric acid groups is 1. The minimum absolute atomic E-state index is 0.0206. The third-order valence-electron chi connectivity index (χ3n) is 15.2. The molecule has 1 aliphatic heterocycles. The molecule has 1 heterocycles. The number of benzene rings is 8. The first-order chi connectivity index (χ1) is 38.5. The molecule has 0 radical (unpaired) electrons. The van der Waals surface area contributed by atoms with Crippen molar-refractivity contribution in [3.8, 4) is 56.4 Å². The quantitative estimate of drug-likeness (QED) is 0.0701. The molecule has 0 bridgehead atoms. The molecule has 0 fully saturated rings. The van der Waals surface area contributed by atoms with Crippen LogP contribution in [0.2, 0.25) is 0 Å². The van der Waals surface area contributed by atoms with Crippen molar-refractivity contribution >= 4 is 41.8 Å². The summed E-state index contributed by atoms with van der Waals surface area (Å²) in [7, 11) is -4.87. The van der Waals surface area contributed by atoms with Gasteiger partial charge in [0.15, 0.2) is 0 Å². The van der Waals surface area contributed by atoms with Gasteiger partial charge in [-0.1, -0.05) is 234 Å². The maximum absolute atomic E-state index is 13.8. The van der Waals surface area contributed by atoms with Gasteiger partial charge in [0.2, 0.25) is 0 Å². The van der Waals surface area contributed by atoms with Gasteiger partial charge in [-0.3, -0.25) is 9.98 Å². The molecule has 0 aliphatic carbocycles. The van der Waals surface area contributed by atoms with Crippen molar-refractivity contribution in [1.29, 1.82) is 0 Å². The molecule has 8 aromatic carbocycles. The molecular formula is C72H84MnN2O7P-. The summed E-state index contributed by atoms with van der Waals surface area (Å²) >= 11 is 1.69. The molecule has 9 nitrogen and oxygen atoms in total. The SMILES string of the molecule is CC(C)(C)c1cc(C=NCCN=Cc2cc(C(C)(C)C)cc(C(C)(C)C)c2O)c(O)c(C(C)(C)C)c1.CC(C)(C)c1ccc(-c2cc3ccccc3c3c2OP(=O)([O-])Oc2c(-c4ccc(C(C)(C)C)cc4)cc4ccccc4c2-3)cc1.[O]=[Mn]. The summed E-state index contributed by atoms with van der Waals surface area (Å²) in [6.07, 6.45) is 3.51. The van der Waals surface area contributed by atoms with Gasteiger partial charge in [-0.05, 0) is 112 Å². The van der Waals surface area contributed by atoms with Crippen LogP contribution in [-0.2, 0) is 56.8 Å². The van der Waals surface area contributed by atoms with Crippen LogP contribution in [-0.4, -0.2) is 35.7 Å². The fraction of sp³-hybridized carbons (Fsp3) is 0.361. The van der Waals surface area contributed by atoms with E-state index < -0.39 is 7.82 Å². The number of phenolic OH excluding ortho intramolecular Hbond substituents is 2. The Morgan fingerprint density at radius 1 is 0.446 bits per heavy atom. The number of hydrogen-bond donors (Lipinski definition) is 2. The molecule has 0 saturated heterocycles. The zero-order chi connectivity index (χ0) is 61.4. The normalized spacial score (nSPS) is 13.8. The summed E-state index contributed by atoms with van der Waals surface area (Å²) in [4.78, 5) is 22.9. The van der Waals surface area contributed by atoms with Gasteiger partial charge in [0, 0.05) is 56.9 Å². The van der Waals surface area contributed by atoms with Crippen LogP contribution in [0.15, 0.2) is 143 Å². The molecule has 0 spiro atoms. The van der Waals surface area contributed by atoms with E-state index in [9.17, 15) is 19.7 Å². The van der Waals surface area contributed by atoms with Crippen molar-refractivity contribution in [2.45, 2.75) is 157 Å². The van der Waals surface area contributed by atoms with E-state index in [1.54, 1.807) is 28.4 Å². The Hall–Kier alpha value is -6.67. The molecule has 0 atom stereocenters. The van der Waals surface area contributed by atoms with Crippen LogP contribution < -0.4 is 13.9 Å². The molecule has 0 unspecified atom stereocenters. The van der Waals surface area contributed by atoms with Crippen LogP contribution >= 0.6 is 7.82 Å². The average Bonchev–Trinajstić information content (AvgIpc) is 1.96. The number of rotatable bonds is 7. The number of fused-ring (bicyclic) bond motifs is 7. The molecule has 0 amide bonds. The van der Waals surface area contributed by atoms with Crippen LogP contribution in [0.3, 0.4) is 0 Å². The number of aliphatic imine (C=N–C) groups is 2. The molecule has 83 heavy (non-hydrogen) atoms. The van der Waals surface area contributed by atoms with Crippen LogP contribution in [0.1, 0.15) is 169 Å². The van der Waals surface area contributed by atoms with E-state index in [0.29, 0.717) is 46.8 Å². The number of aromatic hydroxyl groups is 2. The van der Waals surface area contributed by atoms with Gasteiger partial charge in [-0.2, -0.15) is 0 Å². The van der Waals surface area contributed by atoms with E-state index in [1.165, 1.54) is 22.3 Å². The zero-order valence-corrected chi connectivity index (χ0v) is 54.0. The van der Waals surface area contributed by atoms with Gasteiger partial charge < -0.3 is 24.2 Å². The number of hydrogen-bond acceptors (Lipinski definition) is 9. The van der Waals surface area contributed by atoms with Crippen molar-refractivity contribution < 1.29 is 48.5 Å². The summed E-state index contributed by atoms with van der Waals surface area (Å²) < 4.78 is 33.9. The van der Waals surface area contributed by atoms with E-state index in [2.05, 4.69) is 183 Å². The van der Waals surface area contributed by atoms with Crippen molar-refractivity contribution in [1.82, 2.24) is 0 Å². The topological polar surface area (TPSA) is 141 Å². The van der Waals surface area contributed by atoms with Gasteiger partial charge in [0.1, 0.15) is 23.0 Å². The first kappa shape index (κ1) is 63.9. The Morgan fingerprint density at radius 3 is 1.06 bits per heavy atom. The van der Waals surface area contributed by atoms with E-state index in [4.69, 9.17) is 12.9 Å². The summed E-state index contributed by atoms with van der Waals surface area (Å²) in [6.45, 7) is 39.8. The standard InChI is InChI=1S/C40H37O4P.C32H48N2O2.Mn.O/c1-39(2,3)29-19-15-25(16-20-29)33-23-27-11-7-9-13-31(27)35-36-32-14-10-8-12-28(32)24-34(38(36)44-45(41,42)43-37(33)35)26-17-21-30(22-18-26)40(4,5)6;1-29(2,3)23-15-21(27(35)25(17-23)31(7,8)9)19-33-13-14-34-20-22-16-24(30(4,5)6)18-26(28(22)36)32(10,11)12;;/h7-24H,1-6H3,(H,41,42);15-20,35-36H,13-14H2,1-12H3;;/p-1.